The predicted octanol–water partition coefficient (Wildman–Crippen LogP) is 3.49. The molecule has 0 aliphatic rings. The average Bonchev–Trinajstić information content (AvgIpc) is 2.67. The van der Waals surface area contributed by atoms with Crippen LogP contribution in [0, 0.1) is 11.3 Å². The van der Waals surface area contributed by atoms with Gasteiger partial charge in [-0.2, -0.15) is 5.26 Å². The third-order valence-corrected chi connectivity index (χ3v) is 3.76. The predicted molar refractivity (Wildman–Crippen MR) is 100 cm³/mol. The number of carbonyl (C=O) groups excluding carboxylic acids is 1. The number of methoxy groups -OCH3 is 2. The SMILES string of the molecule is COc1ccc(OC)c(N/C=C(/C#N)C(=O)NCc2ccc(Cl)cc2)c1. The Kier molecular flexibility index (Phi) is 6.89. The first-order valence-electron chi connectivity index (χ1n) is 7.69. The van der Waals surface area contributed by atoms with Gasteiger partial charge in [-0.15, -0.1) is 0 Å². The van der Waals surface area contributed by atoms with Gasteiger partial charge in [0, 0.05) is 23.8 Å². The van der Waals surface area contributed by atoms with Crippen LogP contribution in [0.1, 0.15) is 5.56 Å². The largest absolute Gasteiger partial charge is 0.497 e. The number of ether oxygens (including phenoxy) is 2. The monoisotopic (exact) mass is 371 g/mol. The highest BCUT2D eigenvalue weighted by Gasteiger charge is 2.10. The first-order valence-corrected chi connectivity index (χ1v) is 8.06. The Bertz CT molecular complexity index is 842. The van der Waals surface area contributed by atoms with Crippen molar-refractivity contribution in [1.29, 1.82) is 5.26 Å². The van der Waals surface area contributed by atoms with Gasteiger partial charge in [0.25, 0.3) is 5.91 Å². The molecule has 0 atom stereocenters. The molecule has 1 amide bonds. The molecule has 0 unspecified atom stereocenters. The molecule has 2 N–H and O–H groups in total. The minimum absolute atomic E-state index is 0.0659. The molecule has 26 heavy (non-hydrogen) atoms. The van der Waals surface area contributed by atoms with Crippen molar-refractivity contribution in [2.45, 2.75) is 6.54 Å². The van der Waals surface area contributed by atoms with Gasteiger partial charge in [0.15, 0.2) is 0 Å². The van der Waals surface area contributed by atoms with Crippen molar-refractivity contribution in [2.24, 2.45) is 0 Å². The molecule has 0 saturated heterocycles. The second kappa shape index (κ2) is 9.35. The topological polar surface area (TPSA) is 83.4 Å². The Labute approximate surface area is 157 Å². The van der Waals surface area contributed by atoms with E-state index in [1.54, 1.807) is 49.6 Å². The van der Waals surface area contributed by atoms with Crippen molar-refractivity contribution >= 4 is 23.2 Å². The number of nitriles is 1. The number of benzene rings is 2. The number of anilines is 1. The van der Waals surface area contributed by atoms with E-state index in [0.717, 1.165) is 5.56 Å². The number of rotatable bonds is 7. The van der Waals surface area contributed by atoms with E-state index in [0.29, 0.717) is 22.2 Å². The molecule has 6 nitrogen and oxygen atoms in total. The van der Waals surface area contributed by atoms with Gasteiger partial charge in [-0.1, -0.05) is 23.7 Å². The maximum Gasteiger partial charge on any atom is 0.263 e. The van der Waals surface area contributed by atoms with Crippen LogP contribution in [0.15, 0.2) is 54.2 Å². The fourth-order valence-corrected chi connectivity index (χ4v) is 2.23. The van der Waals surface area contributed by atoms with Gasteiger partial charge in [-0.3, -0.25) is 4.79 Å². The van der Waals surface area contributed by atoms with Gasteiger partial charge in [0.2, 0.25) is 0 Å². The summed E-state index contributed by atoms with van der Waals surface area (Å²) in [4.78, 5) is 12.2. The molecule has 2 aromatic rings. The lowest BCUT2D eigenvalue weighted by Crippen LogP contribution is -2.24. The van der Waals surface area contributed by atoms with Crippen LogP contribution >= 0.6 is 11.6 Å². The minimum atomic E-state index is -0.489. The molecule has 0 radical (unpaired) electrons. The van der Waals surface area contributed by atoms with Crippen LogP contribution in [0.3, 0.4) is 0 Å². The van der Waals surface area contributed by atoms with Crippen LogP contribution < -0.4 is 20.1 Å². The average molecular weight is 372 g/mol. The highest BCUT2D eigenvalue weighted by Crippen LogP contribution is 2.29. The summed E-state index contributed by atoms with van der Waals surface area (Å²) < 4.78 is 10.4. The Hall–Kier alpha value is -3.17. The van der Waals surface area contributed by atoms with E-state index in [1.807, 2.05) is 6.07 Å². The summed E-state index contributed by atoms with van der Waals surface area (Å²) in [7, 11) is 3.08. The molecular weight excluding hydrogens is 354 g/mol. The number of nitrogens with one attached hydrogen (secondary N) is 2. The first-order chi connectivity index (χ1) is 12.6. The lowest BCUT2D eigenvalue weighted by molar-refractivity contribution is -0.117. The van der Waals surface area contributed by atoms with E-state index < -0.39 is 5.91 Å². The van der Waals surface area contributed by atoms with Gasteiger partial charge >= 0.3 is 0 Å². The van der Waals surface area contributed by atoms with Gasteiger partial charge < -0.3 is 20.1 Å². The second-order valence-electron chi connectivity index (χ2n) is 5.19. The molecule has 0 aliphatic carbocycles. The third-order valence-electron chi connectivity index (χ3n) is 3.51. The molecular formula is C19H18ClN3O3. The van der Waals surface area contributed by atoms with E-state index in [9.17, 15) is 10.1 Å². The molecule has 0 bridgehead atoms. The Morgan fingerprint density at radius 2 is 1.92 bits per heavy atom. The summed E-state index contributed by atoms with van der Waals surface area (Å²) >= 11 is 5.83. The molecule has 0 aliphatic heterocycles. The van der Waals surface area contributed by atoms with Crippen LogP contribution in [0.4, 0.5) is 5.69 Å². The van der Waals surface area contributed by atoms with Gasteiger partial charge in [0.1, 0.15) is 23.1 Å². The minimum Gasteiger partial charge on any atom is -0.497 e. The van der Waals surface area contributed by atoms with E-state index >= 15 is 0 Å². The van der Waals surface area contributed by atoms with Crippen LogP contribution in [0.5, 0.6) is 11.5 Å². The maximum atomic E-state index is 12.2. The van der Waals surface area contributed by atoms with Gasteiger partial charge in [-0.05, 0) is 29.8 Å². The van der Waals surface area contributed by atoms with Crippen molar-refractivity contribution in [3.05, 3.63) is 64.8 Å². The van der Waals surface area contributed by atoms with Crippen LogP contribution in [0.2, 0.25) is 5.02 Å². The molecule has 0 fully saturated rings. The van der Waals surface area contributed by atoms with Gasteiger partial charge in [0.05, 0.1) is 19.9 Å². The molecule has 134 valence electrons. The molecule has 0 heterocycles. The molecule has 0 spiro atoms. The van der Waals surface area contributed by atoms with Crippen LogP contribution in [-0.2, 0) is 11.3 Å². The van der Waals surface area contributed by atoms with Crippen molar-refractivity contribution in [1.82, 2.24) is 5.32 Å². The summed E-state index contributed by atoms with van der Waals surface area (Å²) in [6.45, 7) is 0.289. The zero-order chi connectivity index (χ0) is 18.9. The molecule has 0 aromatic heterocycles. The fraction of sp³-hybridized carbons (Fsp3) is 0.158. The van der Waals surface area contributed by atoms with Crippen LogP contribution in [-0.4, -0.2) is 20.1 Å². The maximum absolute atomic E-state index is 12.2. The summed E-state index contributed by atoms with van der Waals surface area (Å²) in [5.41, 5.74) is 1.39. The summed E-state index contributed by atoms with van der Waals surface area (Å²) in [6, 6.07) is 14.1. The number of hydrogen-bond donors (Lipinski definition) is 2. The first kappa shape index (κ1) is 19.2. The van der Waals surface area contributed by atoms with E-state index in [4.69, 9.17) is 21.1 Å². The van der Waals surface area contributed by atoms with E-state index in [-0.39, 0.29) is 12.1 Å². The fourth-order valence-electron chi connectivity index (χ4n) is 2.11. The summed E-state index contributed by atoms with van der Waals surface area (Å²) in [5.74, 6) is 0.685. The van der Waals surface area contributed by atoms with Crippen LogP contribution in [0.25, 0.3) is 0 Å². The number of amides is 1. The molecule has 2 aromatic carbocycles. The summed E-state index contributed by atoms with van der Waals surface area (Å²) in [6.07, 6.45) is 1.33. The van der Waals surface area contributed by atoms with Gasteiger partial charge in [-0.25, -0.2) is 0 Å². The van der Waals surface area contributed by atoms with Crippen molar-refractivity contribution in [3.63, 3.8) is 0 Å². The standard InChI is InChI=1S/C19H18ClN3O3/c1-25-16-7-8-18(26-2)17(9-16)22-12-14(10-21)19(24)23-11-13-3-5-15(20)6-4-13/h3-9,12,22H,11H2,1-2H3,(H,23,24)/b14-12-. The number of hydrogen-bond acceptors (Lipinski definition) is 5. The number of halogens is 1. The zero-order valence-electron chi connectivity index (χ0n) is 14.4. The normalized spacial score (nSPS) is 10.6. The Morgan fingerprint density at radius 1 is 1.19 bits per heavy atom. The molecule has 7 heteroatoms. The quantitative estimate of drug-likeness (QED) is 0.575. The smallest absolute Gasteiger partial charge is 0.263 e. The Balaban J connectivity index is 2.06. The third kappa shape index (κ3) is 5.16. The van der Waals surface area contributed by atoms with E-state index in [2.05, 4.69) is 10.6 Å². The number of carbonyl (C=O) groups is 1. The van der Waals surface area contributed by atoms with E-state index in [1.165, 1.54) is 13.3 Å². The highest BCUT2D eigenvalue weighted by atomic mass is 35.5. The van der Waals surface area contributed by atoms with Crippen molar-refractivity contribution < 1.29 is 14.3 Å². The highest BCUT2D eigenvalue weighted by molar-refractivity contribution is 6.30. The Morgan fingerprint density at radius 3 is 2.54 bits per heavy atom. The van der Waals surface area contributed by atoms with Crippen molar-refractivity contribution in [2.75, 3.05) is 19.5 Å². The zero-order valence-corrected chi connectivity index (χ0v) is 15.1. The summed E-state index contributed by atoms with van der Waals surface area (Å²) in [5, 5.41) is 15.5. The second-order valence-corrected chi connectivity index (χ2v) is 5.63. The lowest BCUT2D eigenvalue weighted by Gasteiger charge is -2.10. The lowest BCUT2D eigenvalue weighted by atomic mass is 10.2. The molecule has 0 saturated carbocycles. The van der Waals surface area contributed by atoms with Crippen molar-refractivity contribution in [3.8, 4) is 17.6 Å². The number of nitrogens with zero attached hydrogens (tertiary/aromatic N) is 1. The molecule has 2 rings (SSSR count).